The zero-order valence-electron chi connectivity index (χ0n) is 18.1. The normalized spacial score (nSPS) is 14.3. The molecule has 0 saturated heterocycles. The second-order valence-electron chi connectivity index (χ2n) is 7.57. The van der Waals surface area contributed by atoms with Crippen LogP contribution in [0.15, 0.2) is 52.6 Å². The maximum absolute atomic E-state index is 12.3. The summed E-state index contributed by atoms with van der Waals surface area (Å²) in [7, 11) is -3.57. The number of ether oxygens (including phenoxy) is 1. The van der Waals surface area contributed by atoms with Gasteiger partial charge in [-0.3, -0.25) is 4.98 Å². The largest absolute Gasteiger partial charge is 0.493 e. The van der Waals surface area contributed by atoms with Crippen LogP contribution in [0.1, 0.15) is 30.9 Å². The van der Waals surface area contributed by atoms with Gasteiger partial charge >= 0.3 is 0 Å². The first-order valence-corrected chi connectivity index (χ1v) is 12.1. The number of nitrogens with one attached hydrogen (secondary N) is 3. The first-order valence-electron chi connectivity index (χ1n) is 10.6. The average molecular weight is 446 g/mol. The summed E-state index contributed by atoms with van der Waals surface area (Å²) in [6.45, 7) is 6.58. The molecule has 1 aliphatic carbocycles. The number of nitrogens with zero attached hydrogens (tertiary/aromatic N) is 2. The van der Waals surface area contributed by atoms with Gasteiger partial charge in [-0.25, -0.2) is 18.1 Å². The summed E-state index contributed by atoms with van der Waals surface area (Å²) in [5.74, 6) is 2.19. The Bertz CT molecular complexity index is 976. The van der Waals surface area contributed by atoms with Crippen molar-refractivity contribution in [2.24, 2.45) is 10.9 Å². The van der Waals surface area contributed by atoms with E-state index < -0.39 is 10.0 Å². The van der Waals surface area contributed by atoms with E-state index in [4.69, 9.17) is 4.74 Å². The van der Waals surface area contributed by atoms with Crippen LogP contribution >= 0.6 is 0 Å². The number of benzene rings is 1. The van der Waals surface area contributed by atoms with Crippen molar-refractivity contribution < 1.29 is 13.2 Å². The minimum absolute atomic E-state index is 0.147. The van der Waals surface area contributed by atoms with Crippen LogP contribution in [0.2, 0.25) is 0 Å². The summed E-state index contributed by atoms with van der Waals surface area (Å²) in [5.41, 5.74) is 2.19. The number of hydrogen-bond donors (Lipinski definition) is 3. The molecule has 0 bridgehead atoms. The van der Waals surface area contributed by atoms with Crippen molar-refractivity contribution in [1.82, 2.24) is 20.3 Å². The summed E-state index contributed by atoms with van der Waals surface area (Å²) < 4.78 is 33.1. The third kappa shape index (κ3) is 7.52. The number of sulfonamides is 1. The first-order chi connectivity index (χ1) is 15.0. The molecule has 1 aromatic carbocycles. The van der Waals surface area contributed by atoms with Gasteiger partial charge < -0.3 is 15.4 Å². The smallest absolute Gasteiger partial charge is 0.242 e. The van der Waals surface area contributed by atoms with E-state index in [1.165, 1.54) is 31.3 Å². The van der Waals surface area contributed by atoms with Crippen LogP contribution < -0.4 is 20.1 Å². The Morgan fingerprint density at radius 1 is 1.23 bits per heavy atom. The van der Waals surface area contributed by atoms with Crippen molar-refractivity contribution in [2.75, 3.05) is 26.2 Å². The summed E-state index contributed by atoms with van der Waals surface area (Å²) in [4.78, 5) is 8.63. The quantitative estimate of drug-likeness (QED) is 0.278. The summed E-state index contributed by atoms with van der Waals surface area (Å²) in [5, 5.41) is 6.35. The van der Waals surface area contributed by atoms with Gasteiger partial charge in [0.1, 0.15) is 10.6 Å². The van der Waals surface area contributed by atoms with Crippen LogP contribution in [0.4, 0.5) is 0 Å². The van der Waals surface area contributed by atoms with E-state index >= 15 is 0 Å². The number of pyridine rings is 1. The van der Waals surface area contributed by atoms with E-state index in [0.717, 1.165) is 23.5 Å². The molecule has 0 amide bonds. The fraction of sp³-hybridized carbons (Fsp3) is 0.455. The zero-order valence-corrected chi connectivity index (χ0v) is 18.9. The van der Waals surface area contributed by atoms with Crippen molar-refractivity contribution in [1.29, 1.82) is 0 Å². The molecule has 0 spiro atoms. The standard InChI is InChI=1S/C22H31N5O3S/c1-3-24-22(25-11-12-27-31(28,29)20-5-4-10-23-15-20)26-14-19-9-6-17(2)13-21(19)30-16-18-7-8-18/h4-6,9-10,13,15,18,27H,3,7-8,11-12,14,16H2,1-2H3,(H2,24,25,26). The minimum Gasteiger partial charge on any atom is -0.493 e. The van der Waals surface area contributed by atoms with E-state index in [1.54, 1.807) is 6.07 Å². The lowest BCUT2D eigenvalue weighted by Crippen LogP contribution is -2.41. The van der Waals surface area contributed by atoms with Crippen LogP contribution in [0.3, 0.4) is 0 Å². The number of aryl methyl sites for hydroxylation is 1. The van der Waals surface area contributed by atoms with Gasteiger partial charge in [-0.2, -0.15) is 0 Å². The van der Waals surface area contributed by atoms with E-state index in [2.05, 4.69) is 44.4 Å². The van der Waals surface area contributed by atoms with E-state index in [0.29, 0.717) is 31.5 Å². The highest BCUT2D eigenvalue weighted by Crippen LogP contribution is 2.30. The Labute approximate surface area is 184 Å². The molecule has 0 radical (unpaired) electrons. The maximum atomic E-state index is 12.3. The van der Waals surface area contributed by atoms with Gasteiger partial charge in [0.15, 0.2) is 5.96 Å². The third-order valence-electron chi connectivity index (χ3n) is 4.80. The molecule has 1 aromatic heterocycles. The summed E-state index contributed by atoms with van der Waals surface area (Å²) in [6, 6.07) is 9.27. The molecule has 8 nitrogen and oxygen atoms in total. The first kappa shape index (κ1) is 23.0. The van der Waals surface area contributed by atoms with Crippen LogP contribution in [0.25, 0.3) is 0 Å². The lowest BCUT2D eigenvalue weighted by atomic mass is 10.1. The van der Waals surface area contributed by atoms with E-state index in [9.17, 15) is 8.42 Å². The lowest BCUT2D eigenvalue weighted by molar-refractivity contribution is 0.296. The van der Waals surface area contributed by atoms with Gasteiger partial charge in [0.05, 0.1) is 13.2 Å². The highest BCUT2D eigenvalue weighted by Gasteiger charge is 2.22. The molecule has 9 heteroatoms. The summed E-state index contributed by atoms with van der Waals surface area (Å²) >= 11 is 0. The number of aliphatic imine (C=N–C) groups is 1. The Balaban J connectivity index is 1.54. The van der Waals surface area contributed by atoms with Gasteiger partial charge in [0.2, 0.25) is 10.0 Å². The van der Waals surface area contributed by atoms with Crippen LogP contribution in [-0.2, 0) is 16.6 Å². The molecule has 168 valence electrons. The predicted octanol–water partition coefficient (Wildman–Crippen LogP) is 2.21. The number of hydrogen-bond acceptors (Lipinski definition) is 5. The van der Waals surface area contributed by atoms with Gasteiger partial charge in [0, 0.05) is 37.6 Å². The second kappa shape index (κ2) is 11.1. The highest BCUT2D eigenvalue weighted by molar-refractivity contribution is 7.89. The second-order valence-corrected chi connectivity index (χ2v) is 9.34. The van der Waals surface area contributed by atoms with Crippen molar-refractivity contribution in [3.05, 3.63) is 53.9 Å². The van der Waals surface area contributed by atoms with Gasteiger partial charge in [-0.05, 0) is 56.4 Å². The third-order valence-corrected chi connectivity index (χ3v) is 6.25. The van der Waals surface area contributed by atoms with Gasteiger partial charge in [-0.15, -0.1) is 0 Å². The molecule has 0 aliphatic heterocycles. The lowest BCUT2D eigenvalue weighted by Gasteiger charge is -2.14. The molecule has 2 aromatic rings. The molecule has 1 saturated carbocycles. The molecule has 31 heavy (non-hydrogen) atoms. The highest BCUT2D eigenvalue weighted by atomic mass is 32.2. The fourth-order valence-corrected chi connectivity index (χ4v) is 3.88. The Kier molecular flexibility index (Phi) is 8.25. The van der Waals surface area contributed by atoms with Crippen molar-refractivity contribution in [3.63, 3.8) is 0 Å². The van der Waals surface area contributed by atoms with Crippen molar-refractivity contribution >= 4 is 16.0 Å². The van der Waals surface area contributed by atoms with Gasteiger partial charge in [-0.1, -0.05) is 12.1 Å². The molecule has 1 fully saturated rings. The van der Waals surface area contributed by atoms with E-state index in [-0.39, 0.29) is 11.4 Å². The number of guanidine groups is 1. The molecule has 3 N–H and O–H groups in total. The van der Waals surface area contributed by atoms with E-state index in [1.807, 2.05) is 13.0 Å². The number of rotatable bonds is 11. The maximum Gasteiger partial charge on any atom is 0.242 e. The molecule has 1 heterocycles. The van der Waals surface area contributed by atoms with Crippen molar-refractivity contribution in [2.45, 2.75) is 38.1 Å². The molecular weight excluding hydrogens is 414 g/mol. The Morgan fingerprint density at radius 3 is 2.77 bits per heavy atom. The fourth-order valence-electron chi connectivity index (χ4n) is 2.88. The molecule has 0 atom stereocenters. The SMILES string of the molecule is CCNC(=NCc1ccc(C)cc1OCC1CC1)NCCNS(=O)(=O)c1cccnc1. The van der Waals surface area contributed by atoms with Crippen LogP contribution in [0.5, 0.6) is 5.75 Å². The van der Waals surface area contributed by atoms with Crippen LogP contribution in [-0.4, -0.2) is 45.6 Å². The Morgan fingerprint density at radius 2 is 2.06 bits per heavy atom. The topological polar surface area (TPSA) is 105 Å². The zero-order chi connectivity index (χ0) is 22.1. The summed E-state index contributed by atoms with van der Waals surface area (Å²) in [6.07, 6.45) is 5.36. The molecular formula is C22H31N5O3S. The van der Waals surface area contributed by atoms with Crippen molar-refractivity contribution in [3.8, 4) is 5.75 Å². The minimum atomic E-state index is -3.57. The molecule has 0 unspecified atom stereocenters. The predicted molar refractivity (Wildman–Crippen MR) is 122 cm³/mol. The molecule has 1 aliphatic rings. The van der Waals surface area contributed by atoms with Gasteiger partial charge in [0.25, 0.3) is 0 Å². The number of aromatic nitrogens is 1. The molecule has 3 rings (SSSR count). The average Bonchev–Trinajstić information content (AvgIpc) is 3.59. The Hall–Kier alpha value is -2.65. The van der Waals surface area contributed by atoms with Crippen LogP contribution in [0, 0.1) is 12.8 Å². The monoisotopic (exact) mass is 445 g/mol.